The van der Waals surface area contributed by atoms with Crippen molar-refractivity contribution < 1.29 is 9.47 Å². The normalized spacial score (nSPS) is 10.8. The fourth-order valence-electron chi connectivity index (χ4n) is 2.97. The lowest BCUT2D eigenvalue weighted by Gasteiger charge is -2.16. The molecule has 0 heterocycles. The molecule has 0 atom stereocenters. The fourth-order valence-corrected chi connectivity index (χ4v) is 3.47. The highest BCUT2D eigenvalue weighted by molar-refractivity contribution is 6.32. The molecule has 0 radical (unpaired) electrons. The first-order chi connectivity index (χ1) is 14.0. The van der Waals surface area contributed by atoms with Gasteiger partial charge in [-0.05, 0) is 54.8 Å². The van der Waals surface area contributed by atoms with Gasteiger partial charge in [-0.25, -0.2) is 0 Å². The van der Waals surface area contributed by atoms with Crippen molar-refractivity contribution in [2.75, 3.05) is 6.61 Å². The largest absolute Gasteiger partial charge is 0.490 e. The van der Waals surface area contributed by atoms with Gasteiger partial charge < -0.3 is 14.8 Å². The second-order valence-electron chi connectivity index (χ2n) is 6.85. The van der Waals surface area contributed by atoms with Gasteiger partial charge in [0.25, 0.3) is 0 Å². The molecular formula is C24H25Cl2NO2. The lowest BCUT2D eigenvalue weighted by atomic mass is 10.1. The third-order valence-electron chi connectivity index (χ3n) is 4.42. The van der Waals surface area contributed by atoms with E-state index in [9.17, 15) is 0 Å². The van der Waals surface area contributed by atoms with E-state index in [0.717, 1.165) is 17.7 Å². The van der Waals surface area contributed by atoms with E-state index in [-0.39, 0.29) is 0 Å². The van der Waals surface area contributed by atoms with Crippen LogP contribution in [0, 0.1) is 6.92 Å². The van der Waals surface area contributed by atoms with Crippen LogP contribution in [0.2, 0.25) is 10.0 Å². The van der Waals surface area contributed by atoms with E-state index < -0.39 is 0 Å². The van der Waals surface area contributed by atoms with Crippen LogP contribution in [0.1, 0.15) is 29.2 Å². The molecule has 3 aromatic rings. The molecule has 0 saturated heterocycles. The quantitative estimate of drug-likeness (QED) is 0.417. The third kappa shape index (κ3) is 6.40. The zero-order chi connectivity index (χ0) is 20.6. The van der Waals surface area contributed by atoms with Crippen molar-refractivity contribution in [3.05, 3.63) is 93.0 Å². The Labute approximate surface area is 182 Å². The average molecular weight is 430 g/mol. The minimum Gasteiger partial charge on any atom is -0.490 e. The molecule has 0 fully saturated rings. The molecule has 0 aliphatic heterocycles. The third-order valence-corrected chi connectivity index (χ3v) is 4.94. The molecule has 152 valence electrons. The maximum atomic E-state index is 6.52. The van der Waals surface area contributed by atoms with Gasteiger partial charge in [0.05, 0.1) is 11.6 Å². The number of halogens is 2. The van der Waals surface area contributed by atoms with Crippen molar-refractivity contribution in [2.45, 2.75) is 33.5 Å². The van der Waals surface area contributed by atoms with Crippen molar-refractivity contribution in [1.29, 1.82) is 0 Å². The van der Waals surface area contributed by atoms with Gasteiger partial charge in [0.2, 0.25) is 0 Å². The van der Waals surface area contributed by atoms with E-state index in [2.05, 4.69) is 36.5 Å². The minimum atomic E-state index is 0.366. The molecule has 0 bridgehead atoms. The van der Waals surface area contributed by atoms with Crippen LogP contribution in [0.4, 0.5) is 0 Å². The molecule has 0 spiro atoms. The molecule has 0 unspecified atom stereocenters. The van der Waals surface area contributed by atoms with Gasteiger partial charge in [0.1, 0.15) is 6.61 Å². The van der Waals surface area contributed by atoms with E-state index in [4.69, 9.17) is 32.7 Å². The van der Waals surface area contributed by atoms with Crippen molar-refractivity contribution in [1.82, 2.24) is 5.32 Å². The van der Waals surface area contributed by atoms with Crippen molar-refractivity contribution in [3.8, 4) is 11.5 Å². The summed E-state index contributed by atoms with van der Waals surface area (Å²) in [6.45, 7) is 6.40. The monoisotopic (exact) mass is 429 g/mol. The Morgan fingerprint density at radius 3 is 2.31 bits per heavy atom. The van der Waals surface area contributed by atoms with Crippen LogP contribution in [0.25, 0.3) is 0 Å². The van der Waals surface area contributed by atoms with Gasteiger partial charge in [-0.3, -0.25) is 0 Å². The Balaban J connectivity index is 1.67. The summed E-state index contributed by atoms with van der Waals surface area (Å²) in [6, 6.07) is 20.0. The van der Waals surface area contributed by atoms with Gasteiger partial charge in [-0.15, -0.1) is 0 Å². The van der Waals surface area contributed by atoms with Crippen LogP contribution in [-0.4, -0.2) is 6.61 Å². The van der Waals surface area contributed by atoms with Crippen LogP contribution >= 0.6 is 23.2 Å². The summed E-state index contributed by atoms with van der Waals surface area (Å²) in [7, 11) is 0. The van der Waals surface area contributed by atoms with E-state index in [1.54, 1.807) is 0 Å². The first-order valence-electron chi connectivity index (χ1n) is 9.64. The molecule has 0 aliphatic carbocycles. The number of ether oxygens (including phenoxy) is 2. The van der Waals surface area contributed by atoms with Crippen LogP contribution in [0.3, 0.4) is 0 Å². The van der Waals surface area contributed by atoms with Crippen molar-refractivity contribution >= 4 is 23.2 Å². The molecule has 3 aromatic carbocycles. The highest BCUT2D eigenvalue weighted by Gasteiger charge is 2.13. The molecule has 0 amide bonds. The maximum Gasteiger partial charge on any atom is 0.180 e. The van der Waals surface area contributed by atoms with Gasteiger partial charge in [-0.1, -0.05) is 65.2 Å². The summed E-state index contributed by atoms with van der Waals surface area (Å²) >= 11 is 12.6. The summed E-state index contributed by atoms with van der Waals surface area (Å²) in [5, 5.41) is 4.66. The minimum absolute atomic E-state index is 0.366. The van der Waals surface area contributed by atoms with Gasteiger partial charge in [-0.2, -0.15) is 0 Å². The molecule has 0 aromatic heterocycles. The highest BCUT2D eigenvalue weighted by Crippen LogP contribution is 2.37. The highest BCUT2D eigenvalue weighted by atomic mass is 35.5. The van der Waals surface area contributed by atoms with E-state index in [0.29, 0.717) is 41.3 Å². The fraction of sp³-hybridized carbons (Fsp3) is 0.250. The van der Waals surface area contributed by atoms with Crippen LogP contribution < -0.4 is 14.8 Å². The molecule has 0 saturated carbocycles. The lowest BCUT2D eigenvalue weighted by Crippen LogP contribution is -2.13. The Hall–Kier alpha value is -2.20. The smallest absolute Gasteiger partial charge is 0.180 e. The van der Waals surface area contributed by atoms with E-state index in [1.165, 1.54) is 11.1 Å². The van der Waals surface area contributed by atoms with Crippen molar-refractivity contribution in [3.63, 3.8) is 0 Å². The zero-order valence-corrected chi connectivity index (χ0v) is 18.2. The Kier molecular flexibility index (Phi) is 7.82. The van der Waals surface area contributed by atoms with Gasteiger partial charge >= 0.3 is 0 Å². The summed E-state index contributed by atoms with van der Waals surface area (Å²) < 4.78 is 11.8. The number of rotatable bonds is 9. The topological polar surface area (TPSA) is 30.5 Å². The molecule has 0 aliphatic rings. The van der Waals surface area contributed by atoms with Gasteiger partial charge in [0.15, 0.2) is 11.5 Å². The summed E-state index contributed by atoms with van der Waals surface area (Å²) in [4.78, 5) is 0. The van der Waals surface area contributed by atoms with Crippen LogP contribution in [-0.2, 0) is 19.7 Å². The molecule has 3 nitrogen and oxygen atoms in total. The predicted molar refractivity (Wildman–Crippen MR) is 120 cm³/mol. The number of hydrogen-bond donors (Lipinski definition) is 1. The number of benzene rings is 3. The number of aryl methyl sites for hydroxylation is 1. The summed E-state index contributed by atoms with van der Waals surface area (Å²) in [5.41, 5.74) is 4.52. The lowest BCUT2D eigenvalue weighted by molar-refractivity contribution is 0.269. The summed E-state index contributed by atoms with van der Waals surface area (Å²) in [6.07, 6.45) is 0. The SMILES string of the molecule is CCOc1cc(CNCc2ccc(C)cc2)cc(Cl)c1OCc1cccc(Cl)c1. The molecule has 1 N–H and O–H groups in total. The second kappa shape index (κ2) is 10.5. The molecular weight excluding hydrogens is 405 g/mol. The van der Waals surface area contributed by atoms with Crippen LogP contribution in [0.5, 0.6) is 11.5 Å². The standard InChI is InChI=1S/C24H25Cl2NO2/c1-3-28-23-13-20(15-27-14-18-9-7-17(2)8-10-18)12-22(26)24(23)29-16-19-5-4-6-21(25)11-19/h4-13,27H,3,14-16H2,1-2H3. The second-order valence-corrected chi connectivity index (χ2v) is 7.69. The van der Waals surface area contributed by atoms with E-state index >= 15 is 0 Å². The number of nitrogens with one attached hydrogen (secondary N) is 1. The average Bonchev–Trinajstić information content (AvgIpc) is 2.69. The Morgan fingerprint density at radius 2 is 1.59 bits per heavy atom. The van der Waals surface area contributed by atoms with Crippen LogP contribution in [0.15, 0.2) is 60.7 Å². The van der Waals surface area contributed by atoms with Gasteiger partial charge in [0, 0.05) is 18.1 Å². The summed E-state index contributed by atoms with van der Waals surface area (Å²) in [5.74, 6) is 1.20. The molecule has 3 rings (SSSR count). The zero-order valence-electron chi connectivity index (χ0n) is 16.7. The first kappa shape index (κ1) is 21.5. The first-order valence-corrected chi connectivity index (χ1v) is 10.4. The molecule has 29 heavy (non-hydrogen) atoms. The Morgan fingerprint density at radius 1 is 0.828 bits per heavy atom. The number of hydrogen-bond acceptors (Lipinski definition) is 3. The molecule has 5 heteroatoms. The van der Waals surface area contributed by atoms with E-state index in [1.807, 2.05) is 43.3 Å². The van der Waals surface area contributed by atoms with Crippen molar-refractivity contribution in [2.24, 2.45) is 0 Å². The predicted octanol–water partition coefficient (Wildman–Crippen LogP) is 6.57. The Bertz CT molecular complexity index is 942. The maximum absolute atomic E-state index is 6.52.